The Morgan fingerprint density at radius 2 is 2.19 bits per heavy atom. The van der Waals surface area contributed by atoms with Crippen LogP contribution < -0.4 is 10.1 Å². The van der Waals surface area contributed by atoms with Gasteiger partial charge >= 0.3 is 0 Å². The molecule has 1 aromatic heterocycles. The van der Waals surface area contributed by atoms with Crippen LogP contribution in [-0.4, -0.2) is 41.5 Å². The van der Waals surface area contributed by atoms with Crippen molar-refractivity contribution < 1.29 is 13.9 Å². The Morgan fingerprint density at radius 3 is 2.88 bits per heavy atom. The Balaban J connectivity index is 1.78. The maximum Gasteiger partial charge on any atom is 0.227 e. The summed E-state index contributed by atoms with van der Waals surface area (Å²) in [4.78, 5) is 23.5. The Labute approximate surface area is 152 Å². The number of hydrogen-bond donors (Lipinski definition) is 1. The predicted molar refractivity (Wildman–Crippen MR) is 96.7 cm³/mol. The minimum atomic E-state index is -0.458. The van der Waals surface area contributed by atoms with E-state index in [0.29, 0.717) is 17.9 Å². The second kappa shape index (κ2) is 7.68. The van der Waals surface area contributed by atoms with Gasteiger partial charge in [0.15, 0.2) is 11.6 Å². The van der Waals surface area contributed by atoms with E-state index in [-0.39, 0.29) is 24.1 Å². The highest BCUT2D eigenvalue weighted by Gasteiger charge is 2.31. The summed E-state index contributed by atoms with van der Waals surface area (Å²) in [5, 5.41) is 3.02. The van der Waals surface area contributed by atoms with Crippen LogP contribution in [0.25, 0.3) is 0 Å². The van der Waals surface area contributed by atoms with Gasteiger partial charge in [-0.25, -0.2) is 14.4 Å². The molecule has 1 aliphatic rings. The average Bonchev–Trinajstić information content (AvgIpc) is 3.11. The summed E-state index contributed by atoms with van der Waals surface area (Å²) in [6.45, 7) is 2.52. The smallest absolute Gasteiger partial charge is 0.227 e. The molecular weight excluding hydrogens is 335 g/mol. The van der Waals surface area contributed by atoms with Crippen LogP contribution in [0.1, 0.15) is 36.0 Å². The zero-order chi connectivity index (χ0) is 18.7. The standard InChI is InChI=1S/C19H23FN4O2/c1-12-22-15(11-18(21-2)23-12)16-5-4-8-24(16)19(25)10-13-6-7-17(26-3)14(20)9-13/h6-7,9,11,16H,4-5,8,10H2,1-3H3,(H,21,22,23). The number of likely N-dealkylation sites (tertiary alicyclic amines) is 1. The maximum atomic E-state index is 13.9. The van der Waals surface area contributed by atoms with Crippen LogP contribution >= 0.6 is 0 Å². The molecule has 7 heteroatoms. The molecule has 1 amide bonds. The molecule has 1 N–H and O–H groups in total. The van der Waals surface area contributed by atoms with Crippen LogP contribution in [0.5, 0.6) is 5.75 Å². The van der Waals surface area contributed by atoms with Gasteiger partial charge in [0.05, 0.1) is 25.3 Å². The Kier molecular flexibility index (Phi) is 5.35. The maximum absolute atomic E-state index is 13.9. The van der Waals surface area contributed by atoms with Crippen molar-refractivity contribution in [1.82, 2.24) is 14.9 Å². The van der Waals surface area contributed by atoms with Crippen LogP contribution in [0.4, 0.5) is 10.2 Å². The zero-order valence-electron chi connectivity index (χ0n) is 15.3. The highest BCUT2D eigenvalue weighted by atomic mass is 19.1. The normalized spacial score (nSPS) is 16.6. The largest absolute Gasteiger partial charge is 0.494 e. The number of carbonyl (C=O) groups is 1. The van der Waals surface area contributed by atoms with Gasteiger partial charge in [-0.05, 0) is 37.5 Å². The van der Waals surface area contributed by atoms with Crippen molar-refractivity contribution in [2.24, 2.45) is 0 Å². The fraction of sp³-hybridized carbons (Fsp3) is 0.421. The van der Waals surface area contributed by atoms with Crippen LogP contribution in [0.2, 0.25) is 0 Å². The third-order valence-electron chi connectivity index (χ3n) is 4.60. The molecule has 2 aromatic rings. The summed E-state index contributed by atoms with van der Waals surface area (Å²) in [6, 6.07) is 6.44. The molecule has 3 rings (SSSR count). The Morgan fingerprint density at radius 1 is 1.38 bits per heavy atom. The first-order valence-corrected chi connectivity index (χ1v) is 8.67. The second-order valence-corrected chi connectivity index (χ2v) is 6.37. The highest BCUT2D eigenvalue weighted by Crippen LogP contribution is 2.32. The summed E-state index contributed by atoms with van der Waals surface area (Å²) in [5.41, 5.74) is 1.47. The van der Waals surface area contributed by atoms with Gasteiger partial charge < -0.3 is 15.0 Å². The van der Waals surface area contributed by atoms with E-state index >= 15 is 0 Å². The van der Waals surface area contributed by atoms with Crippen molar-refractivity contribution in [3.05, 3.63) is 47.2 Å². The van der Waals surface area contributed by atoms with Gasteiger partial charge in [0.1, 0.15) is 11.6 Å². The molecule has 1 fully saturated rings. The van der Waals surface area contributed by atoms with Crippen LogP contribution in [0, 0.1) is 12.7 Å². The highest BCUT2D eigenvalue weighted by molar-refractivity contribution is 5.79. The lowest BCUT2D eigenvalue weighted by Gasteiger charge is -2.25. The minimum Gasteiger partial charge on any atom is -0.494 e. The van der Waals surface area contributed by atoms with Crippen molar-refractivity contribution in [1.29, 1.82) is 0 Å². The van der Waals surface area contributed by atoms with Gasteiger partial charge in [-0.2, -0.15) is 0 Å². The number of hydrogen-bond acceptors (Lipinski definition) is 5. The fourth-order valence-corrected chi connectivity index (χ4v) is 3.36. The molecule has 0 aliphatic carbocycles. The molecule has 26 heavy (non-hydrogen) atoms. The first-order chi connectivity index (χ1) is 12.5. The summed E-state index contributed by atoms with van der Waals surface area (Å²) in [5.74, 6) is 1.10. The van der Waals surface area contributed by atoms with Gasteiger partial charge in [0, 0.05) is 19.7 Å². The number of carbonyl (C=O) groups excluding carboxylic acids is 1. The molecule has 0 saturated carbocycles. The van der Waals surface area contributed by atoms with Gasteiger partial charge in [0.2, 0.25) is 5.91 Å². The first-order valence-electron chi connectivity index (χ1n) is 8.67. The average molecular weight is 358 g/mol. The molecule has 0 radical (unpaired) electrons. The first kappa shape index (κ1) is 18.1. The number of aromatic nitrogens is 2. The van der Waals surface area contributed by atoms with E-state index in [4.69, 9.17) is 4.74 Å². The van der Waals surface area contributed by atoms with Crippen molar-refractivity contribution in [2.75, 3.05) is 26.0 Å². The Bertz CT molecular complexity index is 812. The number of halogens is 1. The SMILES string of the molecule is CNc1cc(C2CCCN2C(=O)Cc2ccc(OC)c(F)c2)nc(C)n1. The number of ether oxygens (including phenoxy) is 1. The van der Waals surface area contributed by atoms with Crippen molar-refractivity contribution >= 4 is 11.7 Å². The van der Waals surface area contributed by atoms with Gasteiger partial charge in [0.25, 0.3) is 0 Å². The summed E-state index contributed by atoms with van der Waals surface area (Å²) >= 11 is 0. The van der Waals surface area contributed by atoms with E-state index in [1.165, 1.54) is 13.2 Å². The third kappa shape index (κ3) is 3.76. The number of methoxy groups -OCH3 is 1. The van der Waals surface area contributed by atoms with E-state index in [0.717, 1.165) is 24.4 Å². The molecule has 1 saturated heterocycles. The number of anilines is 1. The molecule has 1 aliphatic heterocycles. The number of aryl methyl sites for hydroxylation is 1. The van der Waals surface area contributed by atoms with E-state index in [1.54, 1.807) is 19.2 Å². The molecule has 6 nitrogen and oxygen atoms in total. The van der Waals surface area contributed by atoms with Crippen LogP contribution in [0.15, 0.2) is 24.3 Å². The lowest BCUT2D eigenvalue weighted by molar-refractivity contribution is -0.131. The van der Waals surface area contributed by atoms with Crippen LogP contribution in [0.3, 0.4) is 0 Å². The quantitative estimate of drug-likeness (QED) is 0.890. The number of nitrogens with one attached hydrogen (secondary N) is 1. The topological polar surface area (TPSA) is 67.4 Å². The van der Waals surface area contributed by atoms with Gasteiger partial charge in [-0.15, -0.1) is 0 Å². The summed E-state index contributed by atoms with van der Waals surface area (Å²) < 4.78 is 18.8. The van der Waals surface area contributed by atoms with E-state index in [2.05, 4.69) is 15.3 Å². The second-order valence-electron chi connectivity index (χ2n) is 6.37. The number of amides is 1. The predicted octanol–water partition coefficient (Wildman–Crippen LogP) is 2.88. The number of nitrogens with zero attached hydrogens (tertiary/aromatic N) is 3. The Hall–Kier alpha value is -2.70. The lowest BCUT2D eigenvalue weighted by Crippen LogP contribution is -2.32. The van der Waals surface area contributed by atoms with Crippen LogP contribution in [-0.2, 0) is 11.2 Å². The molecule has 1 aromatic carbocycles. The molecular formula is C19H23FN4O2. The van der Waals surface area contributed by atoms with E-state index in [9.17, 15) is 9.18 Å². The zero-order valence-corrected chi connectivity index (χ0v) is 15.3. The van der Waals surface area contributed by atoms with E-state index < -0.39 is 5.82 Å². The monoisotopic (exact) mass is 358 g/mol. The van der Waals surface area contributed by atoms with Gasteiger partial charge in [-0.1, -0.05) is 6.07 Å². The number of rotatable bonds is 5. The van der Waals surface area contributed by atoms with Gasteiger partial charge in [-0.3, -0.25) is 4.79 Å². The summed E-state index contributed by atoms with van der Waals surface area (Å²) in [6.07, 6.45) is 1.94. The molecule has 1 unspecified atom stereocenters. The molecule has 2 heterocycles. The van der Waals surface area contributed by atoms with E-state index in [1.807, 2.05) is 17.9 Å². The van der Waals surface area contributed by atoms with Crippen molar-refractivity contribution in [3.63, 3.8) is 0 Å². The molecule has 138 valence electrons. The minimum absolute atomic E-state index is 0.0284. The summed E-state index contributed by atoms with van der Waals surface area (Å²) in [7, 11) is 3.22. The lowest BCUT2D eigenvalue weighted by atomic mass is 10.1. The van der Waals surface area contributed by atoms with Crippen molar-refractivity contribution in [2.45, 2.75) is 32.2 Å². The fourth-order valence-electron chi connectivity index (χ4n) is 3.36. The molecule has 1 atom stereocenters. The molecule has 0 bridgehead atoms. The number of benzene rings is 1. The third-order valence-corrected chi connectivity index (χ3v) is 4.60. The van der Waals surface area contributed by atoms with Crippen molar-refractivity contribution in [3.8, 4) is 5.75 Å². The molecule has 0 spiro atoms.